The summed E-state index contributed by atoms with van der Waals surface area (Å²) in [5.41, 5.74) is 0.620. The van der Waals surface area contributed by atoms with Gasteiger partial charge in [-0.3, -0.25) is 9.59 Å². The molecule has 3 aromatic carbocycles. The van der Waals surface area contributed by atoms with E-state index in [4.69, 9.17) is 16.3 Å². The predicted octanol–water partition coefficient (Wildman–Crippen LogP) is 6.72. The van der Waals surface area contributed by atoms with E-state index in [-0.39, 0.29) is 34.4 Å². The highest BCUT2D eigenvalue weighted by atomic mass is 35.5. The van der Waals surface area contributed by atoms with Gasteiger partial charge in [-0.05, 0) is 48.0 Å². The largest absolute Gasteiger partial charge is 0.416 e. The second-order valence-corrected chi connectivity index (χ2v) is 11.9. The average molecular weight is 626 g/mol. The van der Waals surface area contributed by atoms with Crippen LogP contribution in [0.2, 0.25) is 5.02 Å². The Morgan fingerprint density at radius 1 is 0.977 bits per heavy atom. The van der Waals surface area contributed by atoms with Gasteiger partial charge in [0.15, 0.2) is 5.82 Å². The van der Waals surface area contributed by atoms with Crippen LogP contribution in [0.1, 0.15) is 42.3 Å². The average Bonchev–Trinajstić information content (AvgIpc) is 2.99. The van der Waals surface area contributed by atoms with Gasteiger partial charge in [0.25, 0.3) is 5.91 Å². The van der Waals surface area contributed by atoms with E-state index in [9.17, 15) is 22.8 Å². The van der Waals surface area contributed by atoms with Crippen molar-refractivity contribution in [2.75, 3.05) is 36.5 Å². The summed E-state index contributed by atoms with van der Waals surface area (Å²) in [7, 11) is 0. The van der Waals surface area contributed by atoms with Crippen LogP contribution >= 0.6 is 11.6 Å². The molecule has 1 aliphatic heterocycles. The number of nitrogens with one attached hydrogen (secondary N) is 2. The molecule has 2 amide bonds. The molecule has 0 saturated carbocycles. The van der Waals surface area contributed by atoms with Crippen molar-refractivity contribution in [3.63, 3.8) is 0 Å². The summed E-state index contributed by atoms with van der Waals surface area (Å²) >= 11 is 6.36. The fourth-order valence-corrected chi connectivity index (χ4v) is 4.88. The Labute approximate surface area is 257 Å². The second-order valence-electron chi connectivity index (χ2n) is 11.5. The Morgan fingerprint density at radius 3 is 2.43 bits per heavy atom. The Balaban J connectivity index is 1.47. The van der Waals surface area contributed by atoms with Gasteiger partial charge < -0.3 is 20.3 Å². The van der Waals surface area contributed by atoms with Crippen LogP contribution in [0.4, 0.5) is 24.7 Å². The molecule has 0 atom stereocenters. The molecule has 0 bridgehead atoms. The van der Waals surface area contributed by atoms with E-state index < -0.39 is 23.1 Å². The minimum Gasteiger partial charge on any atom is -0.378 e. The van der Waals surface area contributed by atoms with Gasteiger partial charge in [-0.25, -0.2) is 9.97 Å². The SMILES string of the molecule is CC(C)(C)C(=O)NCc1ccc(Cl)c(C(=O)Nc2ccc3c(N4CCOCC4)nc(-c4cccc(C(F)(F)F)c4)nc3c2)c1. The molecular formula is C32H31ClF3N5O3. The summed E-state index contributed by atoms with van der Waals surface area (Å²) in [4.78, 5) is 36.9. The number of ether oxygens (including phenoxy) is 1. The minimum absolute atomic E-state index is 0.126. The topological polar surface area (TPSA) is 96.5 Å². The first-order valence-electron chi connectivity index (χ1n) is 14.0. The maximum absolute atomic E-state index is 13.5. The van der Waals surface area contributed by atoms with Gasteiger partial charge in [-0.15, -0.1) is 0 Å². The fourth-order valence-electron chi connectivity index (χ4n) is 4.67. The van der Waals surface area contributed by atoms with Crippen LogP contribution in [0.3, 0.4) is 0 Å². The first-order chi connectivity index (χ1) is 20.8. The highest BCUT2D eigenvalue weighted by molar-refractivity contribution is 6.34. The van der Waals surface area contributed by atoms with Crippen LogP contribution in [0, 0.1) is 5.41 Å². The number of anilines is 2. The van der Waals surface area contributed by atoms with Crippen LogP contribution in [0.5, 0.6) is 0 Å². The fraction of sp³-hybridized carbons (Fsp3) is 0.312. The molecule has 1 aromatic heterocycles. The van der Waals surface area contributed by atoms with Crippen LogP contribution in [0.15, 0.2) is 60.7 Å². The second kappa shape index (κ2) is 12.4. The van der Waals surface area contributed by atoms with Gasteiger partial charge >= 0.3 is 6.18 Å². The van der Waals surface area contributed by atoms with Crippen molar-refractivity contribution >= 4 is 45.8 Å². The lowest BCUT2D eigenvalue weighted by molar-refractivity contribution is -0.137. The highest BCUT2D eigenvalue weighted by Gasteiger charge is 2.31. The quantitative estimate of drug-likeness (QED) is 0.247. The Kier molecular flexibility index (Phi) is 8.80. The van der Waals surface area contributed by atoms with E-state index in [1.807, 2.05) is 25.7 Å². The maximum atomic E-state index is 13.5. The van der Waals surface area contributed by atoms with E-state index in [1.165, 1.54) is 12.1 Å². The third kappa shape index (κ3) is 7.11. The molecule has 1 saturated heterocycles. The molecule has 0 unspecified atom stereocenters. The number of aromatic nitrogens is 2. The molecule has 5 rings (SSSR count). The number of amides is 2. The molecule has 4 aromatic rings. The molecule has 230 valence electrons. The zero-order valence-electron chi connectivity index (χ0n) is 24.4. The molecular weight excluding hydrogens is 595 g/mol. The molecule has 8 nitrogen and oxygen atoms in total. The van der Waals surface area contributed by atoms with E-state index in [2.05, 4.69) is 20.6 Å². The van der Waals surface area contributed by atoms with E-state index in [0.29, 0.717) is 54.3 Å². The smallest absolute Gasteiger partial charge is 0.378 e. The molecule has 44 heavy (non-hydrogen) atoms. The van der Waals surface area contributed by atoms with Gasteiger partial charge in [-0.2, -0.15) is 13.2 Å². The summed E-state index contributed by atoms with van der Waals surface area (Å²) in [5.74, 6) is 0.0923. The van der Waals surface area contributed by atoms with E-state index in [1.54, 1.807) is 36.4 Å². The van der Waals surface area contributed by atoms with Crippen LogP contribution in [0.25, 0.3) is 22.3 Å². The van der Waals surface area contributed by atoms with Crippen molar-refractivity contribution in [1.82, 2.24) is 15.3 Å². The summed E-state index contributed by atoms with van der Waals surface area (Å²) < 4.78 is 45.9. The predicted molar refractivity (Wildman–Crippen MR) is 164 cm³/mol. The molecule has 0 radical (unpaired) electrons. The molecule has 2 heterocycles. The van der Waals surface area contributed by atoms with E-state index >= 15 is 0 Å². The number of nitrogens with zero attached hydrogens (tertiary/aromatic N) is 3. The van der Waals surface area contributed by atoms with Crippen molar-refractivity contribution in [3.05, 3.63) is 82.4 Å². The van der Waals surface area contributed by atoms with Gasteiger partial charge in [0.2, 0.25) is 5.91 Å². The van der Waals surface area contributed by atoms with Crippen molar-refractivity contribution in [3.8, 4) is 11.4 Å². The number of hydrogen-bond donors (Lipinski definition) is 2. The Bertz CT molecular complexity index is 1720. The zero-order chi connectivity index (χ0) is 31.6. The number of benzene rings is 3. The van der Waals surface area contributed by atoms with Gasteiger partial charge in [0, 0.05) is 41.7 Å². The first-order valence-corrected chi connectivity index (χ1v) is 14.4. The zero-order valence-corrected chi connectivity index (χ0v) is 25.1. The lowest BCUT2D eigenvalue weighted by atomic mass is 9.95. The maximum Gasteiger partial charge on any atom is 0.416 e. The molecule has 0 aliphatic carbocycles. The number of morpholine rings is 1. The van der Waals surface area contributed by atoms with Crippen LogP contribution < -0.4 is 15.5 Å². The molecule has 1 aliphatic rings. The first kappa shape index (κ1) is 31.2. The Morgan fingerprint density at radius 2 is 1.73 bits per heavy atom. The summed E-state index contributed by atoms with van der Waals surface area (Å²) in [5, 5.41) is 6.61. The number of alkyl halides is 3. The monoisotopic (exact) mass is 625 g/mol. The summed E-state index contributed by atoms with van der Waals surface area (Å²) in [6.07, 6.45) is -4.52. The van der Waals surface area contributed by atoms with Crippen LogP contribution in [-0.2, 0) is 22.3 Å². The molecule has 2 N–H and O–H groups in total. The number of rotatable bonds is 6. The van der Waals surface area contributed by atoms with E-state index in [0.717, 1.165) is 12.1 Å². The molecule has 0 spiro atoms. The van der Waals surface area contributed by atoms with Crippen LogP contribution in [-0.4, -0.2) is 48.1 Å². The number of hydrogen-bond acceptors (Lipinski definition) is 6. The number of carbonyl (C=O) groups excluding carboxylic acids is 2. The normalized spacial score (nSPS) is 14.0. The van der Waals surface area contributed by atoms with Crippen molar-refractivity contribution in [2.45, 2.75) is 33.5 Å². The summed E-state index contributed by atoms with van der Waals surface area (Å²) in [6.45, 7) is 7.73. The van der Waals surface area contributed by atoms with Gasteiger partial charge in [0.1, 0.15) is 5.82 Å². The van der Waals surface area contributed by atoms with Gasteiger partial charge in [0.05, 0.1) is 34.9 Å². The standard InChI is InChI=1S/C32H31ClF3N5O3/c1-31(2,3)30(43)37-18-19-7-10-25(33)24(15-19)29(42)38-22-8-9-23-26(17-22)39-27(40-28(23)41-11-13-44-14-12-41)20-5-4-6-21(16-20)32(34,35)36/h4-10,15-17H,11-14,18H2,1-3H3,(H,37,43)(H,38,42). The lowest BCUT2D eigenvalue weighted by Crippen LogP contribution is -2.37. The van der Waals surface area contributed by atoms with Crippen molar-refractivity contribution in [1.29, 1.82) is 0 Å². The third-order valence-corrected chi connectivity index (χ3v) is 7.43. The van der Waals surface area contributed by atoms with Crippen molar-refractivity contribution in [2.24, 2.45) is 5.41 Å². The number of halogens is 4. The minimum atomic E-state index is -4.52. The van der Waals surface area contributed by atoms with Crippen molar-refractivity contribution < 1.29 is 27.5 Å². The third-order valence-electron chi connectivity index (χ3n) is 7.10. The molecule has 12 heteroatoms. The van der Waals surface area contributed by atoms with Gasteiger partial charge in [-0.1, -0.05) is 50.6 Å². The lowest BCUT2D eigenvalue weighted by Gasteiger charge is -2.29. The number of carbonyl (C=O) groups is 2. The summed E-state index contributed by atoms with van der Waals surface area (Å²) in [6, 6.07) is 15.0. The number of fused-ring (bicyclic) bond motifs is 1. The molecule has 1 fully saturated rings. The Hall–Kier alpha value is -4.22. The highest BCUT2D eigenvalue weighted by Crippen LogP contribution is 2.34.